The minimum absolute atomic E-state index is 0.0846. The van der Waals surface area contributed by atoms with Crippen LogP contribution in [0.4, 0.5) is 5.69 Å². The number of nitrogens with zero attached hydrogens (tertiary/aromatic N) is 3. The third kappa shape index (κ3) is 3.97. The number of hydrogen-bond acceptors (Lipinski definition) is 5. The van der Waals surface area contributed by atoms with Gasteiger partial charge in [0.15, 0.2) is 0 Å². The van der Waals surface area contributed by atoms with E-state index in [-0.39, 0.29) is 4.90 Å². The van der Waals surface area contributed by atoms with Gasteiger partial charge in [0.05, 0.1) is 24.5 Å². The Balaban J connectivity index is 1.86. The molecule has 0 bridgehead atoms. The van der Waals surface area contributed by atoms with Gasteiger partial charge in [0, 0.05) is 25.4 Å². The lowest BCUT2D eigenvalue weighted by Crippen LogP contribution is -2.18. The van der Waals surface area contributed by atoms with E-state index in [1.807, 2.05) is 38.5 Å². The first kappa shape index (κ1) is 18.2. The van der Waals surface area contributed by atoms with E-state index in [9.17, 15) is 8.42 Å². The van der Waals surface area contributed by atoms with E-state index in [2.05, 4.69) is 19.2 Å². The zero-order valence-corrected chi connectivity index (χ0v) is 15.8. The summed E-state index contributed by atoms with van der Waals surface area (Å²) in [6.07, 6.45) is 3.29. The Morgan fingerprint density at radius 2 is 2.00 bits per heavy atom. The number of pyridine rings is 1. The molecule has 0 atom stereocenters. The van der Waals surface area contributed by atoms with Crippen LogP contribution in [0.15, 0.2) is 53.7 Å². The van der Waals surface area contributed by atoms with E-state index in [0.29, 0.717) is 11.6 Å². The molecule has 0 unspecified atom stereocenters. The van der Waals surface area contributed by atoms with E-state index in [1.54, 1.807) is 6.07 Å². The smallest absolute Gasteiger partial charge is 0.263 e. The van der Waals surface area contributed by atoms with E-state index in [4.69, 9.17) is 4.74 Å². The predicted molar refractivity (Wildman–Crippen MR) is 102 cm³/mol. The molecule has 138 valence electrons. The van der Waals surface area contributed by atoms with Crippen molar-refractivity contribution in [1.29, 1.82) is 0 Å². The van der Waals surface area contributed by atoms with Crippen LogP contribution in [0, 0.1) is 0 Å². The highest BCUT2D eigenvalue weighted by molar-refractivity contribution is 7.92. The number of fused-ring (bicyclic) bond motifs is 1. The van der Waals surface area contributed by atoms with E-state index < -0.39 is 10.0 Å². The van der Waals surface area contributed by atoms with E-state index in [1.165, 1.54) is 25.4 Å². The third-order valence-corrected chi connectivity index (χ3v) is 5.41. The molecule has 7 nitrogen and oxygen atoms in total. The van der Waals surface area contributed by atoms with Crippen LogP contribution in [0.5, 0.6) is 5.88 Å². The van der Waals surface area contributed by atoms with Crippen LogP contribution in [0.1, 0.15) is 0 Å². The normalized spacial score (nSPS) is 11.8. The van der Waals surface area contributed by atoms with Crippen molar-refractivity contribution in [2.45, 2.75) is 11.4 Å². The summed E-state index contributed by atoms with van der Waals surface area (Å²) in [4.78, 5) is 6.14. The molecule has 0 fully saturated rings. The lowest BCUT2D eigenvalue weighted by molar-refractivity contribution is 0.387. The van der Waals surface area contributed by atoms with Crippen molar-refractivity contribution in [3.05, 3.63) is 48.8 Å². The lowest BCUT2D eigenvalue weighted by Gasteiger charge is -2.12. The molecule has 0 saturated carbocycles. The molecule has 0 saturated heterocycles. The van der Waals surface area contributed by atoms with Crippen molar-refractivity contribution in [2.24, 2.45) is 0 Å². The van der Waals surface area contributed by atoms with Crippen molar-refractivity contribution in [1.82, 2.24) is 14.5 Å². The fourth-order valence-electron chi connectivity index (χ4n) is 2.61. The first-order chi connectivity index (χ1) is 12.4. The number of anilines is 1. The van der Waals surface area contributed by atoms with Gasteiger partial charge in [-0.05, 0) is 43.7 Å². The molecule has 0 aliphatic rings. The van der Waals surface area contributed by atoms with Gasteiger partial charge in [0.2, 0.25) is 5.88 Å². The summed E-state index contributed by atoms with van der Waals surface area (Å²) in [5, 5.41) is 1.07. The number of methoxy groups -OCH3 is 1. The standard InChI is InChI=1S/C18H22N4O3S/c1-21(2)10-11-22-9-8-14-4-5-15(12-17(14)22)20-26(23,24)16-6-7-18(25-3)19-13-16/h4-9,12-13,20H,10-11H2,1-3H3. The molecule has 0 radical (unpaired) electrons. The van der Waals surface area contributed by atoms with Crippen molar-refractivity contribution in [2.75, 3.05) is 32.5 Å². The number of likely N-dealkylation sites (N-methyl/N-ethyl adjacent to an activating group) is 1. The first-order valence-electron chi connectivity index (χ1n) is 8.15. The number of rotatable bonds is 7. The Kier molecular flexibility index (Phi) is 5.15. The largest absolute Gasteiger partial charge is 0.481 e. The highest BCUT2D eigenvalue weighted by Crippen LogP contribution is 2.23. The maximum atomic E-state index is 12.6. The van der Waals surface area contributed by atoms with Crippen molar-refractivity contribution in [3.63, 3.8) is 0 Å². The first-order valence-corrected chi connectivity index (χ1v) is 9.64. The second-order valence-electron chi connectivity index (χ2n) is 6.23. The average molecular weight is 374 g/mol. The maximum Gasteiger partial charge on any atom is 0.263 e. The van der Waals surface area contributed by atoms with Crippen LogP contribution in [0.3, 0.4) is 0 Å². The topological polar surface area (TPSA) is 76.5 Å². The van der Waals surface area contributed by atoms with Gasteiger partial charge in [0.1, 0.15) is 4.90 Å². The molecule has 2 heterocycles. The molecule has 0 aliphatic carbocycles. The van der Waals surface area contributed by atoms with Gasteiger partial charge in [0.25, 0.3) is 10.0 Å². The molecule has 26 heavy (non-hydrogen) atoms. The molecular weight excluding hydrogens is 352 g/mol. The molecular formula is C18H22N4O3S. The second-order valence-corrected chi connectivity index (χ2v) is 7.91. The zero-order valence-electron chi connectivity index (χ0n) is 15.0. The molecule has 8 heteroatoms. The van der Waals surface area contributed by atoms with Gasteiger partial charge in [-0.2, -0.15) is 0 Å². The van der Waals surface area contributed by atoms with Crippen molar-refractivity contribution < 1.29 is 13.2 Å². The number of hydrogen-bond donors (Lipinski definition) is 1. The lowest BCUT2D eigenvalue weighted by atomic mass is 10.2. The van der Waals surface area contributed by atoms with Crippen LogP contribution < -0.4 is 9.46 Å². The van der Waals surface area contributed by atoms with E-state index >= 15 is 0 Å². The molecule has 2 aromatic heterocycles. The monoisotopic (exact) mass is 374 g/mol. The SMILES string of the molecule is COc1ccc(S(=O)(=O)Nc2ccc3ccn(CCN(C)C)c3c2)cn1. The van der Waals surface area contributed by atoms with Gasteiger partial charge in [-0.1, -0.05) is 6.07 Å². The zero-order chi connectivity index (χ0) is 18.7. The molecule has 1 aromatic carbocycles. The third-order valence-electron chi connectivity index (χ3n) is 4.04. The molecule has 0 aliphatic heterocycles. The highest BCUT2D eigenvalue weighted by atomic mass is 32.2. The summed E-state index contributed by atoms with van der Waals surface area (Å²) in [5.41, 5.74) is 1.50. The van der Waals surface area contributed by atoms with Gasteiger partial charge < -0.3 is 14.2 Å². The van der Waals surface area contributed by atoms with Crippen LogP contribution in [0.2, 0.25) is 0 Å². The molecule has 0 spiro atoms. The summed E-state index contributed by atoms with van der Waals surface area (Å²) < 4.78 is 34.8. The Morgan fingerprint density at radius 3 is 2.65 bits per heavy atom. The fraction of sp³-hybridized carbons (Fsp3) is 0.278. The van der Waals surface area contributed by atoms with Gasteiger partial charge in [-0.25, -0.2) is 13.4 Å². The van der Waals surface area contributed by atoms with Gasteiger partial charge in [-0.15, -0.1) is 0 Å². The molecule has 3 rings (SSSR count). The maximum absolute atomic E-state index is 12.6. The Labute approximate surface area is 153 Å². The summed E-state index contributed by atoms with van der Waals surface area (Å²) in [5.74, 6) is 0.365. The Morgan fingerprint density at radius 1 is 1.19 bits per heavy atom. The summed E-state index contributed by atoms with van der Waals surface area (Å²) >= 11 is 0. The van der Waals surface area contributed by atoms with Crippen LogP contribution in [-0.4, -0.2) is 50.6 Å². The van der Waals surface area contributed by atoms with Crippen LogP contribution in [-0.2, 0) is 16.6 Å². The number of ether oxygens (including phenoxy) is 1. The number of benzene rings is 1. The molecule has 0 amide bonds. The average Bonchev–Trinajstić information content (AvgIpc) is 3.02. The fourth-order valence-corrected chi connectivity index (χ4v) is 3.60. The van der Waals surface area contributed by atoms with Crippen molar-refractivity contribution >= 4 is 26.6 Å². The predicted octanol–water partition coefficient (Wildman–Crippen LogP) is 2.41. The van der Waals surface area contributed by atoms with Crippen LogP contribution in [0.25, 0.3) is 10.9 Å². The second kappa shape index (κ2) is 7.35. The van der Waals surface area contributed by atoms with Gasteiger partial charge >= 0.3 is 0 Å². The summed E-state index contributed by atoms with van der Waals surface area (Å²) in [6.45, 7) is 1.73. The van der Waals surface area contributed by atoms with Gasteiger partial charge in [-0.3, -0.25) is 4.72 Å². The Bertz CT molecular complexity index is 995. The highest BCUT2D eigenvalue weighted by Gasteiger charge is 2.15. The quantitative estimate of drug-likeness (QED) is 0.687. The summed E-state index contributed by atoms with van der Waals surface area (Å²) in [7, 11) is 1.81. The minimum Gasteiger partial charge on any atom is -0.481 e. The number of aromatic nitrogens is 2. The summed E-state index contributed by atoms with van der Waals surface area (Å²) in [6, 6.07) is 10.5. The molecule has 1 N–H and O–H groups in total. The Hall–Kier alpha value is -2.58. The number of sulfonamides is 1. The van der Waals surface area contributed by atoms with Crippen LogP contribution >= 0.6 is 0 Å². The molecule has 3 aromatic rings. The van der Waals surface area contributed by atoms with E-state index in [0.717, 1.165) is 24.0 Å². The number of nitrogens with one attached hydrogen (secondary N) is 1. The minimum atomic E-state index is -3.71. The van der Waals surface area contributed by atoms with Crippen molar-refractivity contribution in [3.8, 4) is 5.88 Å².